The Bertz CT molecular complexity index is 1300. The summed E-state index contributed by atoms with van der Waals surface area (Å²) >= 11 is 0. The normalized spacial score (nSPS) is 11.8. The van der Waals surface area contributed by atoms with Gasteiger partial charge in [-0.2, -0.15) is 17.6 Å². The lowest BCUT2D eigenvalue weighted by Crippen LogP contribution is -2.42. The SMILES string of the molecule is CC(F)(F)C(F)(F)Oc1ccc(C(=O)Oc2ccc(/C=C/C(=O)OCCc3ccc(N)cc3N)cc2)cc1. The minimum atomic E-state index is -4.71. The number of anilines is 2. The van der Waals surface area contributed by atoms with Crippen molar-refractivity contribution in [3.63, 3.8) is 0 Å². The topological polar surface area (TPSA) is 114 Å². The third-order valence-corrected chi connectivity index (χ3v) is 5.14. The molecule has 0 amide bonds. The molecule has 0 saturated heterocycles. The molecule has 3 aromatic rings. The van der Waals surface area contributed by atoms with E-state index >= 15 is 0 Å². The lowest BCUT2D eigenvalue weighted by Gasteiger charge is -2.23. The summed E-state index contributed by atoms with van der Waals surface area (Å²) < 4.78 is 66.9. The lowest BCUT2D eigenvalue weighted by atomic mass is 10.1. The summed E-state index contributed by atoms with van der Waals surface area (Å²) in [5.74, 6) is -6.12. The highest BCUT2D eigenvalue weighted by Gasteiger charge is 2.55. The van der Waals surface area contributed by atoms with Gasteiger partial charge in [-0.3, -0.25) is 0 Å². The molecular formula is C27H24F4N2O5. The van der Waals surface area contributed by atoms with E-state index in [9.17, 15) is 27.2 Å². The van der Waals surface area contributed by atoms with Crippen LogP contribution in [0.2, 0.25) is 0 Å². The Morgan fingerprint density at radius 2 is 1.53 bits per heavy atom. The van der Waals surface area contributed by atoms with Gasteiger partial charge < -0.3 is 25.7 Å². The largest absolute Gasteiger partial charge is 0.463 e. The molecule has 200 valence electrons. The van der Waals surface area contributed by atoms with Crippen molar-refractivity contribution in [3.8, 4) is 11.5 Å². The smallest absolute Gasteiger partial charge is 0.462 e. The highest BCUT2D eigenvalue weighted by atomic mass is 19.3. The Balaban J connectivity index is 1.48. The molecule has 0 unspecified atom stereocenters. The van der Waals surface area contributed by atoms with Crippen LogP contribution in [0.3, 0.4) is 0 Å². The summed E-state index contributed by atoms with van der Waals surface area (Å²) in [4.78, 5) is 24.2. The monoisotopic (exact) mass is 532 g/mol. The number of ether oxygens (including phenoxy) is 3. The summed E-state index contributed by atoms with van der Waals surface area (Å²) in [6, 6.07) is 15.4. The molecule has 0 spiro atoms. The Kier molecular flexibility index (Phi) is 8.61. The molecule has 0 atom stereocenters. The molecule has 0 saturated carbocycles. The van der Waals surface area contributed by atoms with E-state index in [0.717, 1.165) is 29.8 Å². The number of nitrogens with two attached hydrogens (primary N) is 2. The Hall–Kier alpha value is -4.54. The van der Waals surface area contributed by atoms with E-state index in [0.29, 0.717) is 23.4 Å². The Morgan fingerprint density at radius 3 is 2.13 bits per heavy atom. The maximum absolute atomic E-state index is 13.3. The molecule has 0 aliphatic rings. The zero-order chi connectivity index (χ0) is 27.9. The van der Waals surface area contributed by atoms with Crippen molar-refractivity contribution in [1.29, 1.82) is 0 Å². The first-order valence-electron chi connectivity index (χ1n) is 11.2. The number of nitrogen functional groups attached to an aromatic ring is 2. The maximum Gasteiger partial charge on any atom is 0.463 e. The number of halogens is 4. The molecule has 0 bridgehead atoms. The van der Waals surface area contributed by atoms with Crippen molar-refractivity contribution >= 4 is 29.4 Å². The van der Waals surface area contributed by atoms with Gasteiger partial charge in [0.1, 0.15) is 11.5 Å². The number of hydrogen-bond acceptors (Lipinski definition) is 7. The van der Waals surface area contributed by atoms with Gasteiger partial charge in [-0.1, -0.05) is 18.2 Å². The van der Waals surface area contributed by atoms with Crippen molar-refractivity contribution in [3.05, 3.63) is 89.5 Å². The van der Waals surface area contributed by atoms with Crippen LogP contribution >= 0.6 is 0 Å². The molecule has 38 heavy (non-hydrogen) atoms. The highest BCUT2D eigenvalue weighted by molar-refractivity contribution is 5.91. The van der Waals surface area contributed by atoms with Gasteiger partial charge in [-0.05, 0) is 65.7 Å². The minimum Gasteiger partial charge on any atom is -0.462 e. The fraction of sp³-hybridized carbons (Fsp3) is 0.185. The molecule has 0 aromatic heterocycles. The molecule has 0 fully saturated rings. The molecule has 0 aliphatic carbocycles. The molecule has 7 nitrogen and oxygen atoms in total. The van der Waals surface area contributed by atoms with E-state index < -0.39 is 29.7 Å². The van der Waals surface area contributed by atoms with Crippen molar-refractivity contribution in [2.75, 3.05) is 18.1 Å². The number of carbonyl (C=O) groups excluding carboxylic acids is 2. The summed E-state index contributed by atoms with van der Waals surface area (Å²) in [5.41, 5.74) is 14.0. The molecule has 4 N–H and O–H groups in total. The minimum absolute atomic E-state index is 0.0173. The van der Waals surface area contributed by atoms with Crippen LogP contribution in [0.15, 0.2) is 72.8 Å². The van der Waals surface area contributed by atoms with E-state index in [1.807, 2.05) is 0 Å². The fourth-order valence-electron chi connectivity index (χ4n) is 3.02. The average Bonchev–Trinajstić information content (AvgIpc) is 2.84. The number of carbonyl (C=O) groups is 2. The van der Waals surface area contributed by atoms with Crippen molar-refractivity contribution in [2.24, 2.45) is 0 Å². The molecule has 11 heteroatoms. The van der Waals surface area contributed by atoms with Gasteiger partial charge in [0.05, 0.1) is 12.2 Å². The number of benzene rings is 3. The van der Waals surface area contributed by atoms with Crippen LogP contribution in [0.1, 0.15) is 28.4 Å². The molecule has 0 radical (unpaired) electrons. The third kappa shape index (κ3) is 7.73. The van der Waals surface area contributed by atoms with Crippen LogP contribution in [0.25, 0.3) is 6.08 Å². The first-order chi connectivity index (χ1) is 17.8. The van der Waals surface area contributed by atoms with Gasteiger partial charge in [0.25, 0.3) is 0 Å². The Morgan fingerprint density at radius 1 is 0.895 bits per heavy atom. The maximum atomic E-state index is 13.3. The fourth-order valence-corrected chi connectivity index (χ4v) is 3.02. The van der Waals surface area contributed by atoms with Crippen LogP contribution in [-0.4, -0.2) is 30.6 Å². The molecular weight excluding hydrogens is 508 g/mol. The van der Waals surface area contributed by atoms with E-state index in [1.54, 1.807) is 30.3 Å². The second kappa shape index (κ2) is 11.7. The van der Waals surface area contributed by atoms with Crippen LogP contribution in [-0.2, 0) is 16.0 Å². The van der Waals surface area contributed by atoms with E-state index in [-0.39, 0.29) is 24.8 Å². The second-order valence-electron chi connectivity index (χ2n) is 8.20. The third-order valence-electron chi connectivity index (χ3n) is 5.14. The number of rotatable bonds is 10. The number of esters is 2. The second-order valence-corrected chi connectivity index (χ2v) is 8.20. The van der Waals surface area contributed by atoms with Gasteiger partial charge >= 0.3 is 24.0 Å². The molecule has 3 aromatic carbocycles. The standard InChI is InChI=1S/C27H24F4N2O5/c1-26(28,29)27(30,31)38-22-11-6-19(7-12-22)25(35)37-21-9-2-17(3-10-21)4-13-24(34)36-15-14-18-5-8-20(32)16-23(18)33/h2-13,16H,14-15,32-33H2,1H3/b13-4+. The van der Waals surface area contributed by atoms with Gasteiger partial charge in [-0.25, -0.2) is 9.59 Å². The van der Waals surface area contributed by atoms with Crippen molar-refractivity contribution < 1.29 is 41.4 Å². The molecule has 0 heterocycles. The zero-order valence-corrected chi connectivity index (χ0v) is 20.1. The summed E-state index contributed by atoms with van der Waals surface area (Å²) in [5, 5.41) is 0. The summed E-state index contributed by atoms with van der Waals surface area (Å²) in [6.07, 6.45) is -1.52. The van der Waals surface area contributed by atoms with Gasteiger partial charge in [0, 0.05) is 30.8 Å². The summed E-state index contributed by atoms with van der Waals surface area (Å²) in [7, 11) is 0. The van der Waals surface area contributed by atoms with Crippen LogP contribution in [0, 0.1) is 0 Å². The number of hydrogen-bond donors (Lipinski definition) is 2. The lowest BCUT2D eigenvalue weighted by molar-refractivity contribution is -0.301. The number of alkyl halides is 4. The highest BCUT2D eigenvalue weighted by Crippen LogP contribution is 2.35. The van der Waals surface area contributed by atoms with Crippen LogP contribution < -0.4 is 20.9 Å². The van der Waals surface area contributed by atoms with Gasteiger partial charge in [-0.15, -0.1) is 0 Å². The first kappa shape index (κ1) is 28.0. The van der Waals surface area contributed by atoms with Gasteiger partial charge in [0.15, 0.2) is 0 Å². The summed E-state index contributed by atoms with van der Waals surface area (Å²) in [6.45, 7) is 0.166. The predicted molar refractivity (Wildman–Crippen MR) is 133 cm³/mol. The van der Waals surface area contributed by atoms with E-state index in [4.69, 9.17) is 20.9 Å². The zero-order valence-electron chi connectivity index (χ0n) is 20.1. The van der Waals surface area contributed by atoms with Gasteiger partial charge in [0.2, 0.25) is 0 Å². The molecule has 0 aliphatic heterocycles. The quantitative estimate of drug-likeness (QED) is 0.117. The van der Waals surface area contributed by atoms with Crippen LogP contribution in [0.5, 0.6) is 11.5 Å². The van der Waals surface area contributed by atoms with E-state index in [2.05, 4.69) is 4.74 Å². The van der Waals surface area contributed by atoms with Crippen LogP contribution in [0.4, 0.5) is 28.9 Å². The van der Waals surface area contributed by atoms with E-state index in [1.165, 1.54) is 24.3 Å². The van der Waals surface area contributed by atoms with Crippen molar-refractivity contribution in [2.45, 2.75) is 25.4 Å². The average molecular weight is 532 g/mol. The van der Waals surface area contributed by atoms with Crippen molar-refractivity contribution in [1.82, 2.24) is 0 Å². The predicted octanol–water partition coefficient (Wildman–Crippen LogP) is 5.50. The first-order valence-corrected chi connectivity index (χ1v) is 11.2. The molecule has 3 rings (SSSR count). The Labute approximate surface area is 215 Å².